The van der Waals surface area contributed by atoms with E-state index in [2.05, 4.69) is 40.7 Å². The Morgan fingerprint density at radius 1 is 1.26 bits per heavy atom. The van der Waals surface area contributed by atoms with E-state index in [4.69, 9.17) is 0 Å². The lowest BCUT2D eigenvalue weighted by Gasteiger charge is -2.24. The highest BCUT2D eigenvalue weighted by molar-refractivity contribution is 7.89. The van der Waals surface area contributed by atoms with Crippen molar-refractivity contribution in [3.05, 3.63) is 0 Å². The summed E-state index contributed by atoms with van der Waals surface area (Å²) < 4.78 is 25.4. The average molecular weight is 347 g/mol. The Balaban J connectivity index is 2.56. The average Bonchev–Trinajstić information content (AvgIpc) is 3.01. The van der Waals surface area contributed by atoms with E-state index in [1.807, 2.05) is 0 Å². The molecule has 0 aromatic carbocycles. The van der Waals surface area contributed by atoms with Crippen molar-refractivity contribution >= 4 is 16.0 Å². The topological polar surface area (TPSA) is 73.8 Å². The smallest absolute Gasteiger partial charge is 0.211 e. The molecule has 7 heteroatoms. The van der Waals surface area contributed by atoms with Crippen LogP contribution in [0, 0.1) is 11.8 Å². The Hall–Kier alpha value is -0.820. The fraction of sp³-hybridized carbons (Fsp3) is 0.938. The summed E-state index contributed by atoms with van der Waals surface area (Å²) in [7, 11) is -3.13. The lowest BCUT2D eigenvalue weighted by molar-refractivity contribution is 0.319. The minimum Gasteiger partial charge on any atom is -0.357 e. The number of nitrogens with zero attached hydrogens (tertiary/aromatic N) is 2. The molecule has 0 amide bonds. The molecule has 136 valence electrons. The van der Waals surface area contributed by atoms with Crippen LogP contribution in [-0.2, 0) is 10.0 Å². The van der Waals surface area contributed by atoms with Crippen LogP contribution in [0.1, 0.15) is 47.0 Å². The van der Waals surface area contributed by atoms with E-state index in [9.17, 15) is 8.42 Å². The summed E-state index contributed by atoms with van der Waals surface area (Å²) in [6.45, 7) is 12.0. The zero-order chi connectivity index (χ0) is 17.3. The van der Waals surface area contributed by atoms with Gasteiger partial charge >= 0.3 is 0 Å². The summed E-state index contributed by atoms with van der Waals surface area (Å²) in [5, 5.41) is 3.33. The molecule has 0 saturated carbocycles. The van der Waals surface area contributed by atoms with Crippen LogP contribution < -0.4 is 10.0 Å². The standard InChI is InChI=1S/C16H34N4O2S/c1-5-14(6-2)15-9-12-20(13-15)16(17-7-3)18-10-11-19-23(21,22)8-4/h14-15,19H,5-13H2,1-4H3,(H,17,18). The first-order chi connectivity index (χ1) is 11.0. The van der Waals surface area contributed by atoms with Gasteiger partial charge in [-0.05, 0) is 32.1 Å². The Morgan fingerprint density at radius 3 is 2.52 bits per heavy atom. The number of likely N-dealkylation sites (tertiary alicyclic amines) is 1. The Labute approximate surface area is 142 Å². The van der Waals surface area contributed by atoms with E-state index in [0.717, 1.165) is 37.4 Å². The number of aliphatic imine (C=N–C) groups is 1. The van der Waals surface area contributed by atoms with Crippen molar-refractivity contribution in [1.29, 1.82) is 0 Å². The predicted molar refractivity (Wildman–Crippen MR) is 97.2 cm³/mol. The summed E-state index contributed by atoms with van der Waals surface area (Å²) in [6, 6.07) is 0. The Kier molecular flexibility index (Phi) is 8.91. The molecular formula is C16H34N4O2S. The van der Waals surface area contributed by atoms with Gasteiger partial charge in [0.2, 0.25) is 10.0 Å². The van der Waals surface area contributed by atoms with Crippen molar-refractivity contribution in [1.82, 2.24) is 14.9 Å². The summed E-state index contributed by atoms with van der Waals surface area (Å²) in [5.74, 6) is 2.56. The number of sulfonamides is 1. The third-order valence-corrected chi connectivity index (χ3v) is 6.05. The molecule has 1 saturated heterocycles. The quantitative estimate of drug-likeness (QED) is 0.378. The second-order valence-electron chi connectivity index (χ2n) is 6.10. The summed E-state index contributed by atoms with van der Waals surface area (Å²) in [5.41, 5.74) is 0. The predicted octanol–water partition coefficient (Wildman–Crippen LogP) is 1.65. The number of hydrogen-bond acceptors (Lipinski definition) is 3. The van der Waals surface area contributed by atoms with E-state index in [1.54, 1.807) is 6.92 Å². The van der Waals surface area contributed by atoms with Gasteiger partial charge in [-0.25, -0.2) is 13.1 Å². The molecule has 0 spiro atoms. The highest BCUT2D eigenvalue weighted by Crippen LogP contribution is 2.28. The lowest BCUT2D eigenvalue weighted by atomic mass is 9.87. The van der Waals surface area contributed by atoms with Crippen LogP contribution in [0.15, 0.2) is 4.99 Å². The van der Waals surface area contributed by atoms with Crippen LogP contribution in [0.25, 0.3) is 0 Å². The number of rotatable bonds is 9. The molecule has 1 heterocycles. The second-order valence-corrected chi connectivity index (χ2v) is 8.20. The monoisotopic (exact) mass is 346 g/mol. The molecule has 1 atom stereocenters. The van der Waals surface area contributed by atoms with Crippen molar-refractivity contribution in [2.75, 3.05) is 38.5 Å². The highest BCUT2D eigenvalue weighted by atomic mass is 32.2. The normalized spacial score (nSPS) is 19.6. The van der Waals surface area contributed by atoms with Crippen molar-refractivity contribution < 1.29 is 8.42 Å². The van der Waals surface area contributed by atoms with Crippen LogP contribution in [0.3, 0.4) is 0 Å². The fourth-order valence-corrected chi connectivity index (χ4v) is 3.82. The molecule has 1 rings (SSSR count). The fourth-order valence-electron chi connectivity index (χ4n) is 3.21. The van der Waals surface area contributed by atoms with Crippen LogP contribution in [0.2, 0.25) is 0 Å². The van der Waals surface area contributed by atoms with E-state index >= 15 is 0 Å². The van der Waals surface area contributed by atoms with E-state index in [0.29, 0.717) is 13.1 Å². The molecule has 1 aliphatic rings. The molecule has 23 heavy (non-hydrogen) atoms. The molecule has 0 bridgehead atoms. The molecule has 6 nitrogen and oxygen atoms in total. The number of hydrogen-bond donors (Lipinski definition) is 2. The summed E-state index contributed by atoms with van der Waals surface area (Å²) >= 11 is 0. The molecule has 0 aromatic rings. The van der Waals surface area contributed by atoms with Crippen molar-refractivity contribution in [3.8, 4) is 0 Å². The molecule has 0 aliphatic carbocycles. The van der Waals surface area contributed by atoms with Gasteiger partial charge in [0, 0.05) is 26.2 Å². The molecule has 1 fully saturated rings. The Morgan fingerprint density at radius 2 is 1.96 bits per heavy atom. The van der Waals surface area contributed by atoms with Gasteiger partial charge in [0.15, 0.2) is 5.96 Å². The maximum Gasteiger partial charge on any atom is 0.211 e. The molecule has 1 unspecified atom stereocenters. The number of guanidine groups is 1. The summed E-state index contributed by atoms with van der Waals surface area (Å²) in [6.07, 6.45) is 3.70. The molecular weight excluding hydrogens is 312 g/mol. The number of nitrogens with one attached hydrogen (secondary N) is 2. The largest absolute Gasteiger partial charge is 0.357 e. The van der Waals surface area contributed by atoms with Gasteiger partial charge in [0.25, 0.3) is 0 Å². The third kappa shape index (κ3) is 6.67. The SMILES string of the molecule is CCNC(=NCCNS(=O)(=O)CC)N1CCC(C(CC)CC)C1. The van der Waals surface area contributed by atoms with Crippen LogP contribution in [0.5, 0.6) is 0 Å². The van der Waals surface area contributed by atoms with E-state index < -0.39 is 10.0 Å². The van der Waals surface area contributed by atoms with Gasteiger partial charge in [-0.3, -0.25) is 4.99 Å². The maximum absolute atomic E-state index is 11.4. The Bertz CT molecular complexity index is 461. The minimum absolute atomic E-state index is 0.111. The lowest BCUT2D eigenvalue weighted by Crippen LogP contribution is -2.41. The molecule has 0 radical (unpaired) electrons. The molecule has 0 aromatic heterocycles. The first-order valence-electron chi connectivity index (χ1n) is 8.97. The van der Waals surface area contributed by atoms with Crippen molar-refractivity contribution in [2.45, 2.75) is 47.0 Å². The zero-order valence-corrected chi connectivity index (χ0v) is 16.0. The molecule has 1 aliphatic heterocycles. The molecule has 2 N–H and O–H groups in total. The van der Waals surface area contributed by atoms with Crippen LogP contribution in [0.4, 0.5) is 0 Å². The van der Waals surface area contributed by atoms with Gasteiger partial charge in [0.05, 0.1) is 12.3 Å². The van der Waals surface area contributed by atoms with Crippen molar-refractivity contribution in [3.63, 3.8) is 0 Å². The summed E-state index contributed by atoms with van der Waals surface area (Å²) in [4.78, 5) is 6.90. The van der Waals surface area contributed by atoms with Gasteiger partial charge < -0.3 is 10.2 Å². The first-order valence-corrected chi connectivity index (χ1v) is 10.6. The maximum atomic E-state index is 11.4. The van der Waals surface area contributed by atoms with Gasteiger partial charge in [0.1, 0.15) is 0 Å². The van der Waals surface area contributed by atoms with Crippen LogP contribution in [-0.4, -0.2) is 57.8 Å². The van der Waals surface area contributed by atoms with Crippen LogP contribution >= 0.6 is 0 Å². The van der Waals surface area contributed by atoms with Gasteiger partial charge in [-0.2, -0.15) is 0 Å². The van der Waals surface area contributed by atoms with E-state index in [-0.39, 0.29) is 5.75 Å². The van der Waals surface area contributed by atoms with E-state index in [1.165, 1.54) is 19.3 Å². The van der Waals surface area contributed by atoms with Gasteiger partial charge in [-0.1, -0.05) is 26.7 Å². The highest BCUT2D eigenvalue weighted by Gasteiger charge is 2.29. The van der Waals surface area contributed by atoms with Gasteiger partial charge in [-0.15, -0.1) is 0 Å². The second kappa shape index (κ2) is 10.1. The zero-order valence-electron chi connectivity index (χ0n) is 15.1. The minimum atomic E-state index is -3.13. The van der Waals surface area contributed by atoms with Crippen molar-refractivity contribution in [2.24, 2.45) is 16.8 Å². The third-order valence-electron chi connectivity index (χ3n) is 4.65. The first kappa shape index (κ1) is 20.2.